The lowest BCUT2D eigenvalue weighted by Crippen LogP contribution is -2.45. The van der Waals surface area contributed by atoms with Crippen LogP contribution in [-0.2, 0) is 20.7 Å². The fourth-order valence-electron chi connectivity index (χ4n) is 4.38. The summed E-state index contributed by atoms with van der Waals surface area (Å²) >= 11 is 5.95. The minimum atomic E-state index is -0.708. The first kappa shape index (κ1) is 22.6. The van der Waals surface area contributed by atoms with Crippen LogP contribution in [-0.4, -0.2) is 63.2 Å². The van der Waals surface area contributed by atoms with Crippen molar-refractivity contribution in [2.75, 3.05) is 56.7 Å². The fourth-order valence-corrected chi connectivity index (χ4v) is 4.57. The molecule has 2 aromatic rings. The summed E-state index contributed by atoms with van der Waals surface area (Å²) in [5, 5.41) is 5.92. The number of carbonyl (C=O) groups excluding carboxylic acids is 2. The Balaban J connectivity index is 1.46. The van der Waals surface area contributed by atoms with E-state index in [1.807, 2.05) is 0 Å². The third-order valence-electron chi connectivity index (χ3n) is 6.07. The van der Waals surface area contributed by atoms with Crippen LogP contribution in [0.15, 0.2) is 42.5 Å². The maximum absolute atomic E-state index is 12.5. The van der Waals surface area contributed by atoms with E-state index < -0.39 is 11.8 Å². The fraction of sp³-hybridized carbons (Fsp3) is 0.417. The lowest BCUT2D eigenvalue weighted by atomic mass is 9.95. The number of nitrogens with zero attached hydrogens (tertiary/aromatic N) is 2. The van der Waals surface area contributed by atoms with Crippen molar-refractivity contribution < 1.29 is 14.3 Å². The largest absolute Gasteiger partial charge is 0.379 e. The van der Waals surface area contributed by atoms with Crippen LogP contribution >= 0.6 is 11.6 Å². The minimum Gasteiger partial charge on any atom is -0.379 e. The number of halogens is 1. The van der Waals surface area contributed by atoms with E-state index in [-0.39, 0.29) is 6.04 Å². The zero-order valence-electron chi connectivity index (χ0n) is 18.3. The van der Waals surface area contributed by atoms with E-state index in [0.29, 0.717) is 30.5 Å². The van der Waals surface area contributed by atoms with Gasteiger partial charge in [-0.1, -0.05) is 29.8 Å². The molecule has 0 aromatic heterocycles. The molecule has 0 radical (unpaired) electrons. The van der Waals surface area contributed by atoms with Crippen LogP contribution in [0.1, 0.15) is 23.6 Å². The number of ether oxygens (including phenoxy) is 1. The smallest absolute Gasteiger partial charge is 0.313 e. The maximum Gasteiger partial charge on any atom is 0.313 e. The third kappa shape index (κ3) is 5.41. The first-order chi connectivity index (χ1) is 15.5. The number of amides is 2. The van der Waals surface area contributed by atoms with Crippen LogP contribution in [0.2, 0.25) is 5.02 Å². The van der Waals surface area contributed by atoms with E-state index in [9.17, 15) is 9.59 Å². The molecule has 0 bridgehead atoms. The first-order valence-corrected chi connectivity index (χ1v) is 11.4. The Labute approximate surface area is 193 Å². The summed E-state index contributed by atoms with van der Waals surface area (Å²) in [5.74, 6) is -1.37. The Morgan fingerprint density at radius 3 is 2.69 bits per heavy atom. The van der Waals surface area contributed by atoms with Crippen LogP contribution in [0.25, 0.3) is 0 Å². The normalized spacial score (nSPS) is 17.4. The SMILES string of the molecule is CN1CCCc2cc(C(CNC(=O)C(=O)Nc3cccc(Cl)c3)N3CCOCC3)ccc21. The quantitative estimate of drug-likeness (QED) is 0.677. The molecule has 2 aromatic carbocycles. The van der Waals surface area contributed by atoms with E-state index in [1.165, 1.54) is 11.3 Å². The van der Waals surface area contributed by atoms with Gasteiger partial charge in [-0.25, -0.2) is 0 Å². The number of hydrogen-bond donors (Lipinski definition) is 2. The van der Waals surface area contributed by atoms with E-state index in [2.05, 4.69) is 45.7 Å². The standard InChI is InChI=1S/C24H29ClN4O3/c1-28-9-3-4-17-14-18(7-8-21(17)28)22(29-10-12-32-13-11-29)16-26-23(30)24(31)27-20-6-2-5-19(25)15-20/h2,5-8,14-15,22H,3-4,9-13,16H2,1H3,(H,26,30)(H,27,31). The van der Waals surface area contributed by atoms with Gasteiger partial charge in [0.1, 0.15) is 0 Å². The van der Waals surface area contributed by atoms with Gasteiger partial charge in [-0.3, -0.25) is 14.5 Å². The van der Waals surface area contributed by atoms with Crippen molar-refractivity contribution in [2.24, 2.45) is 0 Å². The lowest BCUT2D eigenvalue weighted by molar-refractivity contribution is -0.136. The predicted molar refractivity (Wildman–Crippen MR) is 126 cm³/mol. The van der Waals surface area contributed by atoms with E-state index in [1.54, 1.807) is 24.3 Å². The Bertz CT molecular complexity index is 977. The van der Waals surface area contributed by atoms with E-state index >= 15 is 0 Å². The Morgan fingerprint density at radius 1 is 1.09 bits per heavy atom. The van der Waals surface area contributed by atoms with Crippen molar-refractivity contribution in [1.82, 2.24) is 10.2 Å². The van der Waals surface area contributed by atoms with Crippen molar-refractivity contribution in [3.8, 4) is 0 Å². The molecule has 2 heterocycles. The van der Waals surface area contributed by atoms with Gasteiger partial charge in [0.15, 0.2) is 0 Å². The van der Waals surface area contributed by atoms with Crippen LogP contribution in [0, 0.1) is 0 Å². The molecule has 0 spiro atoms. The average Bonchev–Trinajstić information content (AvgIpc) is 2.80. The van der Waals surface area contributed by atoms with Crippen molar-refractivity contribution >= 4 is 34.8 Å². The van der Waals surface area contributed by atoms with E-state index in [4.69, 9.17) is 16.3 Å². The highest BCUT2D eigenvalue weighted by atomic mass is 35.5. The van der Waals surface area contributed by atoms with Crippen molar-refractivity contribution in [2.45, 2.75) is 18.9 Å². The van der Waals surface area contributed by atoms with Crippen LogP contribution in [0.5, 0.6) is 0 Å². The average molecular weight is 457 g/mol. The molecule has 1 unspecified atom stereocenters. The Hall–Kier alpha value is -2.61. The van der Waals surface area contributed by atoms with Gasteiger partial charge in [0.2, 0.25) is 0 Å². The summed E-state index contributed by atoms with van der Waals surface area (Å²) in [7, 11) is 2.12. The molecule has 2 aliphatic rings. The van der Waals surface area contributed by atoms with Gasteiger partial charge in [-0.2, -0.15) is 0 Å². The highest BCUT2D eigenvalue weighted by Crippen LogP contribution is 2.31. The lowest BCUT2D eigenvalue weighted by Gasteiger charge is -2.36. The molecule has 0 saturated carbocycles. The summed E-state index contributed by atoms with van der Waals surface area (Å²) in [6.45, 7) is 4.30. The van der Waals surface area contributed by atoms with Gasteiger partial charge in [0.05, 0.1) is 19.3 Å². The number of morpholine rings is 1. The number of fused-ring (bicyclic) bond motifs is 1. The Kier molecular flexibility index (Phi) is 7.29. The van der Waals surface area contributed by atoms with Gasteiger partial charge >= 0.3 is 11.8 Å². The molecule has 1 saturated heterocycles. The molecule has 4 rings (SSSR count). The molecule has 0 aliphatic carbocycles. The minimum absolute atomic E-state index is 0.0284. The zero-order chi connectivity index (χ0) is 22.5. The predicted octanol–water partition coefficient (Wildman–Crippen LogP) is 2.85. The second-order valence-electron chi connectivity index (χ2n) is 8.25. The van der Waals surface area contributed by atoms with Crippen LogP contribution in [0.4, 0.5) is 11.4 Å². The Morgan fingerprint density at radius 2 is 1.91 bits per heavy atom. The molecule has 2 aliphatic heterocycles. The third-order valence-corrected chi connectivity index (χ3v) is 6.31. The zero-order valence-corrected chi connectivity index (χ0v) is 19.0. The first-order valence-electron chi connectivity index (χ1n) is 11.0. The molecule has 2 amide bonds. The number of anilines is 2. The van der Waals surface area contributed by atoms with Gasteiger partial charge in [0, 0.05) is 49.6 Å². The number of carbonyl (C=O) groups is 2. The molecule has 7 nitrogen and oxygen atoms in total. The number of aryl methyl sites for hydroxylation is 1. The summed E-state index contributed by atoms with van der Waals surface area (Å²) in [6, 6.07) is 13.3. The van der Waals surface area contributed by atoms with Gasteiger partial charge < -0.3 is 20.3 Å². The van der Waals surface area contributed by atoms with Gasteiger partial charge in [-0.15, -0.1) is 0 Å². The molecule has 1 fully saturated rings. The topological polar surface area (TPSA) is 73.9 Å². The summed E-state index contributed by atoms with van der Waals surface area (Å²) in [4.78, 5) is 29.5. The molecule has 32 heavy (non-hydrogen) atoms. The second kappa shape index (κ2) is 10.3. The maximum atomic E-state index is 12.5. The van der Waals surface area contributed by atoms with Gasteiger partial charge in [-0.05, 0) is 48.2 Å². The highest BCUT2D eigenvalue weighted by Gasteiger charge is 2.26. The highest BCUT2D eigenvalue weighted by molar-refractivity contribution is 6.39. The number of rotatable bonds is 5. The molecular formula is C24H29ClN4O3. The number of benzene rings is 2. The molecule has 170 valence electrons. The van der Waals surface area contributed by atoms with Crippen LogP contribution in [0.3, 0.4) is 0 Å². The van der Waals surface area contributed by atoms with Crippen molar-refractivity contribution in [1.29, 1.82) is 0 Å². The summed E-state index contributed by atoms with van der Waals surface area (Å²) in [5.41, 5.74) is 4.24. The van der Waals surface area contributed by atoms with E-state index in [0.717, 1.165) is 38.0 Å². The number of nitrogens with one attached hydrogen (secondary N) is 2. The second-order valence-corrected chi connectivity index (χ2v) is 8.69. The van der Waals surface area contributed by atoms with Crippen molar-refractivity contribution in [3.63, 3.8) is 0 Å². The van der Waals surface area contributed by atoms with Crippen molar-refractivity contribution in [3.05, 3.63) is 58.6 Å². The molecular weight excluding hydrogens is 428 g/mol. The molecule has 2 N–H and O–H groups in total. The molecule has 8 heteroatoms. The van der Waals surface area contributed by atoms with Gasteiger partial charge in [0.25, 0.3) is 0 Å². The monoisotopic (exact) mass is 456 g/mol. The summed E-state index contributed by atoms with van der Waals surface area (Å²) in [6.07, 6.45) is 2.19. The molecule has 1 atom stereocenters. The van der Waals surface area contributed by atoms with Crippen LogP contribution < -0.4 is 15.5 Å². The number of hydrogen-bond acceptors (Lipinski definition) is 5. The summed E-state index contributed by atoms with van der Waals surface area (Å²) < 4.78 is 5.52.